The van der Waals surface area contributed by atoms with E-state index in [1.54, 1.807) is 30.5 Å². The van der Waals surface area contributed by atoms with Crippen molar-refractivity contribution in [1.82, 2.24) is 10.1 Å². The number of benzene rings is 1. The van der Waals surface area contributed by atoms with Gasteiger partial charge in [0.2, 0.25) is 5.82 Å². The fourth-order valence-corrected chi connectivity index (χ4v) is 2.14. The van der Waals surface area contributed by atoms with Crippen LogP contribution in [0.2, 0.25) is 5.02 Å². The predicted molar refractivity (Wildman–Crippen MR) is 81.6 cm³/mol. The van der Waals surface area contributed by atoms with E-state index in [4.69, 9.17) is 25.3 Å². The summed E-state index contributed by atoms with van der Waals surface area (Å²) in [5, 5.41) is 4.42. The minimum Gasteiger partial charge on any atom is -0.469 e. The highest BCUT2D eigenvalue weighted by Gasteiger charge is 2.12. The Labute approximate surface area is 137 Å². The first-order chi connectivity index (χ1) is 11.2. The van der Waals surface area contributed by atoms with Crippen LogP contribution in [-0.4, -0.2) is 16.1 Å². The number of esters is 1. The predicted octanol–water partition coefficient (Wildman–Crippen LogP) is 3.66. The molecule has 0 atom stereocenters. The van der Waals surface area contributed by atoms with E-state index < -0.39 is 0 Å². The van der Waals surface area contributed by atoms with Crippen molar-refractivity contribution in [2.24, 2.45) is 0 Å². The fourth-order valence-electron chi connectivity index (χ4n) is 1.95. The van der Waals surface area contributed by atoms with Crippen LogP contribution in [0.5, 0.6) is 0 Å². The Morgan fingerprint density at radius 2 is 2.17 bits per heavy atom. The molecule has 0 fully saturated rings. The number of hydrogen-bond donors (Lipinski definition) is 0. The summed E-state index contributed by atoms with van der Waals surface area (Å²) in [5.74, 6) is 1.01. The average Bonchev–Trinajstić information content (AvgIpc) is 3.22. The average molecular weight is 333 g/mol. The summed E-state index contributed by atoms with van der Waals surface area (Å²) in [4.78, 5) is 15.8. The summed E-state index contributed by atoms with van der Waals surface area (Å²) >= 11 is 5.92. The van der Waals surface area contributed by atoms with Crippen LogP contribution < -0.4 is 0 Å². The van der Waals surface area contributed by atoms with Gasteiger partial charge in [0.25, 0.3) is 5.89 Å². The number of carbonyl (C=O) groups is 1. The maximum absolute atomic E-state index is 11.7. The molecule has 23 heavy (non-hydrogen) atoms. The van der Waals surface area contributed by atoms with Crippen molar-refractivity contribution in [1.29, 1.82) is 0 Å². The maximum atomic E-state index is 11.7. The van der Waals surface area contributed by atoms with Crippen molar-refractivity contribution < 1.29 is 18.5 Å². The maximum Gasteiger partial charge on any atom is 0.306 e. The summed E-state index contributed by atoms with van der Waals surface area (Å²) in [6, 6.07) is 10.7. The summed E-state index contributed by atoms with van der Waals surface area (Å²) < 4.78 is 15.3. The lowest BCUT2D eigenvalue weighted by atomic mass is 10.2. The zero-order valence-electron chi connectivity index (χ0n) is 12.1. The van der Waals surface area contributed by atoms with Gasteiger partial charge in [-0.2, -0.15) is 4.98 Å². The molecule has 0 bridgehead atoms. The van der Waals surface area contributed by atoms with Crippen LogP contribution in [0.15, 0.2) is 51.6 Å². The second-order valence-electron chi connectivity index (χ2n) is 4.76. The van der Waals surface area contributed by atoms with Crippen LogP contribution >= 0.6 is 11.6 Å². The van der Waals surface area contributed by atoms with Gasteiger partial charge in [0.05, 0.1) is 12.7 Å². The van der Waals surface area contributed by atoms with Gasteiger partial charge in [-0.3, -0.25) is 4.79 Å². The quantitative estimate of drug-likeness (QED) is 0.641. The van der Waals surface area contributed by atoms with Crippen molar-refractivity contribution in [2.45, 2.75) is 19.4 Å². The van der Waals surface area contributed by atoms with Gasteiger partial charge < -0.3 is 13.7 Å². The number of halogens is 1. The highest BCUT2D eigenvalue weighted by molar-refractivity contribution is 6.30. The Morgan fingerprint density at radius 3 is 2.96 bits per heavy atom. The number of carbonyl (C=O) groups excluding carboxylic acids is 1. The lowest BCUT2D eigenvalue weighted by Crippen LogP contribution is -2.05. The van der Waals surface area contributed by atoms with E-state index in [2.05, 4.69) is 10.1 Å². The molecule has 3 aromatic rings. The van der Waals surface area contributed by atoms with E-state index >= 15 is 0 Å². The largest absolute Gasteiger partial charge is 0.469 e. The SMILES string of the molecule is O=C(CCc1ccco1)OCc1nc(-c2cccc(Cl)c2)no1. The molecule has 0 unspecified atom stereocenters. The Morgan fingerprint density at radius 1 is 1.26 bits per heavy atom. The second-order valence-corrected chi connectivity index (χ2v) is 5.20. The van der Waals surface area contributed by atoms with E-state index in [0.29, 0.717) is 17.3 Å². The Kier molecular flexibility index (Phi) is 4.73. The molecule has 0 radical (unpaired) electrons. The fraction of sp³-hybridized carbons (Fsp3) is 0.188. The molecule has 0 spiro atoms. The van der Waals surface area contributed by atoms with Gasteiger partial charge in [0, 0.05) is 17.0 Å². The molecule has 7 heteroatoms. The van der Waals surface area contributed by atoms with Gasteiger partial charge in [-0.05, 0) is 24.3 Å². The molecule has 2 heterocycles. The number of hydrogen-bond acceptors (Lipinski definition) is 6. The molecule has 0 aliphatic carbocycles. The minimum absolute atomic E-state index is 0.0649. The topological polar surface area (TPSA) is 78.4 Å². The van der Waals surface area contributed by atoms with Crippen molar-refractivity contribution in [3.8, 4) is 11.4 Å². The molecule has 3 rings (SSSR count). The van der Waals surface area contributed by atoms with E-state index in [1.807, 2.05) is 12.1 Å². The highest BCUT2D eigenvalue weighted by Crippen LogP contribution is 2.20. The number of furan rings is 1. The van der Waals surface area contributed by atoms with Gasteiger partial charge in [-0.25, -0.2) is 0 Å². The molecule has 0 amide bonds. The van der Waals surface area contributed by atoms with Crippen molar-refractivity contribution in [3.63, 3.8) is 0 Å². The molecular formula is C16H13ClN2O4. The number of nitrogens with zero attached hydrogens (tertiary/aromatic N) is 2. The summed E-state index contributed by atoms with van der Waals surface area (Å²) in [5.41, 5.74) is 0.733. The van der Waals surface area contributed by atoms with E-state index in [9.17, 15) is 4.79 Å². The summed E-state index contributed by atoms with van der Waals surface area (Å²) in [7, 11) is 0. The van der Waals surface area contributed by atoms with Crippen LogP contribution in [0.4, 0.5) is 0 Å². The molecule has 2 aromatic heterocycles. The number of aryl methyl sites for hydroxylation is 1. The van der Waals surface area contributed by atoms with Gasteiger partial charge in [-0.1, -0.05) is 28.9 Å². The third-order valence-corrected chi connectivity index (χ3v) is 3.30. The lowest BCUT2D eigenvalue weighted by molar-refractivity contribution is -0.145. The van der Waals surface area contributed by atoms with Crippen LogP contribution in [0.25, 0.3) is 11.4 Å². The minimum atomic E-state index is -0.357. The van der Waals surface area contributed by atoms with Crippen LogP contribution in [0, 0.1) is 0 Å². The molecule has 1 aromatic carbocycles. The summed E-state index contributed by atoms with van der Waals surface area (Å²) in [6.45, 7) is -0.0649. The molecule has 6 nitrogen and oxygen atoms in total. The van der Waals surface area contributed by atoms with Crippen molar-refractivity contribution in [3.05, 3.63) is 59.3 Å². The third-order valence-electron chi connectivity index (χ3n) is 3.06. The number of rotatable bonds is 6. The normalized spacial score (nSPS) is 10.7. The van der Waals surface area contributed by atoms with E-state index in [0.717, 1.165) is 11.3 Å². The molecular weight excluding hydrogens is 320 g/mol. The van der Waals surface area contributed by atoms with Gasteiger partial charge >= 0.3 is 5.97 Å². The van der Waals surface area contributed by atoms with Crippen LogP contribution in [-0.2, 0) is 22.6 Å². The standard InChI is InChI=1S/C16H13ClN2O4/c17-12-4-1-3-11(9-12)16-18-14(23-19-16)10-22-15(20)7-6-13-5-2-8-21-13/h1-5,8-9H,6-7,10H2. The van der Waals surface area contributed by atoms with Gasteiger partial charge in [0.15, 0.2) is 6.61 Å². The zero-order valence-corrected chi connectivity index (χ0v) is 12.8. The summed E-state index contributed by atoms with van der Waals surface area (Å²) in [6.07, 6.45) is 2.28. The smallest absolute Gasteiger partial charge is 0.306 e. The van der Waals surface area contributed by atoms with Crippen molar-refractivity contribution >= 4 is 17.6 Å². The third kappa shape index (κ3) is 4.20. The first-order valence-corrected chi connectivity index (χ1v) is 7.35. The molecule has 0 saturated carbocycles. The van der Waals surface area contributed by atoms with E-state index in [-0.39, 0.29) is 24.9 Å². The number of aromatic nitrogens is 2. The highest BCUT2D eigenvalue weighted by atomic mass is 35.5. The second kappa shape index (κ2) is 7.11. The Hall–Kier alpha value is -2.60. The van der Waals surface area contributed by atoms with Gasteiger partial charge in [0.1, 0.15) is 5.76 Å². The first kappa shape index (κ1) is 15.3. The zero-order chi connectivity index (χ0) is 16.1. The molecule has 0 saturated heterocycles. The monoisotopic (exact) mass is 332 g/mol. The van der Waals surface area contributed by atoms with E-state index in [1.165, 1.54) is 0 Å². The number of ether oxygens (including phenoxy) is 1. The Bertz CT molecular complexity index is 783. The van der Waals surface area contributed by atoms with Crippen LogP contribution in [0.3, 0.4) is 0 Å². The molecule has 118 valence electrons. The van der Waals surface area contributed by atoms with Crippen molar-refractivity contribution in [2.75, 3.05) is 0 Å². The first-order valence-electron chi connectivity index (χ1n) is 6.97. The van der Waals surface area contributed by atoms with Crippen LogP contribution in [0.1, 0.15) is 18.1 Å². The lowest BCUT2D eigenvalue weighted by Gasteiger charge is -2.00. The molecule has 0 N–H and O–H groups in total. The molecule has 0 aliphatic rings. The van der Waals surface area contributed by atoms with Gasteiger partial charge in [-0.15, -0.1) is 0 Å². The molecule has 0 aliphatic heterocycles. The Balaban J connectivity index is 1.52.